The van der Waals surface area contributed by atoms with Crippen LogP contribution >= 0.6 is 0 Å². The van der Waals surface area contributed by atoms with Crippen LogP contribution < -0.4 is 0 Å². The highest BCUT2D eigenvalue weighted by molar-refractivity contribution is 5.76. The smallest absolute Gasteiger partial charge is 0.223 e. The Bertz CT molecular complexity index is 371. The van der Waals surface area contributed by atoms with Crippen molar-refractivity contribution in [3.05, 3.63) is 24.3 Å². The molecule has 5 heteroatoms. The van der Waals surface area contributed by atoms with Crippen LogP contribution in [0.3, 0.4) is 0 Å². The van der Waals surface area contributed by atoms with Gasteiger partial charge in [0.1, 0.15) is 12.2 Å². The van der Waals surface area contributed by atoms with Crippen LogP contribution in [0.25, 0.3) is 0 Å². The number of H-pyrrole nitrogens is 1. The first-order valence-corrected chi connectivity index (χ1v) is 5.50. The molecule has 0 fully saturated rings. The van der Waals surface area contributed by atoms with Crippen LogP contribution in [-0.4, -0.2) is 33.0 Å². The van der Waals surface area contributed by atoms with E-state index in [1.807, 2.05) is 0 Å². The summed E-state index contributed by atoms with van der Waals surface area (Å²) >= 11 is 0. The molecule has 0 aromatic carbocycles. The maximum Gasteiger partial charge on any atom is 0.223 e. The lowest BCUT2D eigenvalue weighted by Crippen LogP contribution is -2.27. The van der Waals surface area contributed by atoms with Crippen molar-refractivity contribution in [3.63, 3.8) is 0 Å². The van der Waals surface area contributed by atoms with Gasteiger partial charge >= 0.3 is 0 Å². The summed E-state index contributed by atoms with van der Waals surface area (Å²) in [5.74, 6) is 1.30. The van der Waals surface area contributed by atoms with Crippen molar-refractivity contribution < 1.29 is 4.79 Å². The first kappa shape index (κ1) is 10.9. The summed E-state index contributed by atoms with van der Waals surface area (Å²) in [6.07, 6.45) is 8.54. The predicted molar refractivity (Wildman–Crippen MR) is 59.3 cm³/mol. The van der Waals surface area contributed by atoms with Gasteiger partial charge in [0.15, 0.2) is 0 Å². The van der Waals surface area contributed by atoms with Crippen molar-refractivity contribution in [2.75, 3.05) is 7.05 Å². The highest BCUT2D eigenvalue weighted by atomic mass is 16.2. The molecule has 0 saturated heterocycles. The van der Waals surface area contributed by atoms with E-state index in [1.54, 1.807) is 11.9 Å². The first-order valence-electron chi connectivity index (χ1n) is 5.50. The van der Waals surface area contributed by atoms with Crippen molar-refractivity contribution >= 4 is 5.91 Å². The normalized spacial score (nSPS) is 18.9. The second-order valence-electron chi connectivity index (χ2n) is 4.15. The molecule has 1 aliphatic carbocycles. The van der Waals surface area contributed by atoms with Crippen LogP contribution in [0.4, 0.5) is 0 Å². The number of aromatic nitrogens is 3. The molecule has 1 atom stereocenters. The zero-order valence-corrected chi connectivity index (χ0v) is 9.39. The molecule has 1 unspecified atom stereocenters. The van der Waals surface area contributed by atoms with E-state index in [-0.39, 0.29) is 5.91 Å². The number of nitrogens with zero attached hydrogens (tertiary/aromatic N) is 3. The van der Waals surface area contributed by atoms with Gasteiger partial charge in [-0.3, -0.25) is 9.89 Å². The summed E-state index contributed by atoms with van der Waals surface area (Å²) in [4.78, 5) is 17.5. The van der Waals surface area contributed by atoms with Gasteiger partial charge in [0, 0.05) is 13.5 Å². The topological polar surface area (TPSA) is 61.9 Å². The number of carbonyl (C=O) groups excluding carboxylic acids is 1. The largest absolute Gasteiger partial charge is 0.338 e. The number of hydrogen-bond acceptors (Lipinski definition) is 3. The lowest BCUT2D eigenvalue weighted by molar-refractivity contribution is -0.131. The lowest BCUT2D eigenvalue weighted by Gasteiger charge is -2.17. The van der Waals surface area contributed by atoms with Gasteiger partial charge in [0.2, 0.25) is 5.91 Å². The van der Waals surface area contributed by atoms with Crippen molar-refractivity contribution in [3.8, 4) is 0 Å². The van der Waals surface area contributed by atoms with Crippen LogP contribution in [0.2, 0.25) is 0 Å². The fourth-order valence-electron chi connectivity index (χ4n) is 1.87. The third-order valence-electron chi connectivity index (χ3n) is 2.83. The zero-order chi connectivity index (χ0) is 11.4. The summed E-state index contributed by atoms with van der Waals surface area (Å²) in [6, 6.07) is 0. The predicted octanol–water partition coefficient (Wildman–Crippen LogP) is 1.12. The monoisotopic (exact) mass is 220 g/mol. The van der Waals surface area contributed by atoms with Crippen LogP contribution in [0, 0.1) is 5.92 Å². The molecule has 1 aromatic heterocycles. The Balaban J connectivity index is 1.82. The van der Waals surface area contributed by atoms with Gasteiger partial charge in [0.25, 0.3) is 0 Å². The average Bonchev–Trinajstić information content (AvgIpc) is 2.90. The number of allylic oxidation sites excluding steroid dienone is 2. The minimum atomic E-state index is 0.160. The molecule has 0 radical (unpaired) electrons. The van der Waals surface area contributed by atoms with Crippen LogP contribution in [-0.2, 0) is 11.3 Å². The number of amides is 1. The molecule has 0 aliphatic heterocycles. The standard InChI is InChI=1S/C11H16N4O/c1-15(7-10-12-8-13-14-10)11(16)6-9-4-2-3-5-9/h2,4,8-9H,3,5-7H2,1H3,(H,12,13,14). The fraction of sp³-hybridized carbons (Fsp3) is 0.545. The van der Waals surface area contributed by atoms with Gasteiger partial charge in [-0.1, -0.05) is 12.2 Å². The molecular formula is C11H16N4O. The van der Waals surface area contributed by atoms with Crippen molar-refractivity contribution in [1.82, 2.24) is 20.1 Å². The molecule has 2 rings (SSSR count). The van der Waals surface area contributed by atoms with Crippen molar-refractivity contribution in [2.45, 2.75) is 25.8 Å². The van der Waals surface area contributed by atoms with Gasteiger partial charge in [-0.25, -0.2) is 4.98 Å². The first-order chi connectivity index (χ1) is 7.75. The number of carbonyl (C=O) groups is 1. The van der Waals surface area contributed by atoms with Gasteiger partial charge in [-0.2, -0.15) is 5.10 Å². The number of nitrogens with one attached hydrogen (secondary N) is 1. The average molecular weight is 220 g/mol. The van der Waals surface area contributed by atoms with Gasteiger partial charge < -0.3 is 4.90 Å². The summed E-state index contributed by atoms with van der Waals surface area (Å²) in [6.45, 7) is 0.495. The second-order valence-corrected chi connectivity index (χ2v) is 4.15. The van der Waals surface area contributed by atoms with Gasteiger partial charge in [-0.05, 0) is 18.8 Å². The summed E-state index contributed by atoms with van der Waals surface area (Å²) in [5, 5.41) is 6.50. The number of aromatic amines is 1. The molecule has 0 bridgehead atoms. The number of hydrogen-bond donors (Lipinski definition) is 1. The highest BCUT2D eigenvalue weighted by Gasteiger charge is 2.17. The summed E-state index contributed by atoms with van der Waals surface area (Å²) in [7, 11) is 1.80. The van der Waals surface area contributed by atoms with Crippen LogP contribution in [0.1, 0.15) is 25.1 Å². The van der Waals surface area contributed by atoms with E-state index < -0.39 is 0 Å². The minimum Gasteiger partial charge on any atom is -0.338 e. The molecule has 16 heavy (non-hydrogen) atoms. The Morgan fingerprint density at radius 2 is 2.56 bits per heavy atom. The molecule has 1 aromatic rings. The minimum absolute atomic E-state index is 0.160. The van der Waals surface area contributed by atoms with E-state index in [1.165, 1.54) is 6.33 Å². The van der Waals surface area contributed by atoms with Crippen molar-refractivity contribution in [2.24, 2.45) is 5.92 Å². The molecule has 86 valence electrons. The lowest BCUT2D eigenvalue weighted by atomic mass is 10.0. The molecule has 5 nitrogen and oxygen atoms in total. The van der Waals surface area contributed by atoms with Crippen molar-refractivity contribution in [1.29, 1.82) is 0 Å². The molecular weight excluding hydrogens is 204 g/mol. The third kappa shape index (κ3) is 2.68. The molecule has 1 amide bonds. The second kappa shape index (κ2) is 4.92. The third-order valence-corrected chi connectivity index (χ3v) is 2.83. The maximum absolute atomic E-state index is 11.9. The SMILES string of the molecule is CN(Cc1ncn[nH]1)C(=O)CC1C=CCC1. The van der Waals surface area contributed by atoms with Gasteiger partial charge in [-0.15, -0.1) is 0 Å². The van der Waals surface area contributed by atoms with E-state index in [0.717, 1.165) is 18.7 Å². The van der Waals surface area contributed by atoms with E-state index in [9.17, 15) is 4.79 Å². The maximum atomic E-state index is 11.9. The molecule has 1 heterocycles. The number of rotatable bonds is 4. The molecule has 0 spiro atoms. The molecule has 1 N–H and O–H groups in total. The van der Waals surface area contributed by atoms with Crippen LogP contribution in [0.5, 0.6) is 0 Å². The fourth-order valence-corrected chi connectivity index (χ4v) is 1.87. The molecule has 0 saturated carbocycles. The summed E-state index contributed by atoms with van der Waals surface area (Å²) < 4.78 is 0. The Morgan fingerprint density at radius 1 is 1.69 bits per heavy atom. The Labute approximate surface area is 94.6 Å². The Hall–Kier alpha value is -1.65. The van der Waals surface area contributed by atoms with Gasteiger partial charge in [0.05, 0.1) is 6.54 Å². The van der Waals surface area contributed by atoms with E-state index in [4.69, 9.17) is 0 Å². The van der Waals surface area contributed by atoms with E-state index in [0.29, 0.717) is 18.9 Å². The Morgan fingerprint density at radius 3 is 3.19 bits per heavy atom. The quantitative estimate of drug-likeness (QED) is 0.773. The zero-order valence-electron chi connectivity index (χ0n) is 9.39. The molecule has 1 aliphatic rings. The Kier molecular flexibility index (Phi) is 3.34. The highest BCUT2D eigenvalue weighted by Crippen LogP contribution is 2.21. The van der Waals surface area contributed by atoms with E-state index >= 15 is 0 Å². The van der Waals surface area contributed by atoms with E-state index in [2.05, 4.69) is 27.3 Å². The van der Waals surface area contributed by atoms with Crippen LogP contribution in [0.15, 0.2) is 18.5 Å². The summed E-state index contributed by atoms with van der Waals surface area (Å²) in [5.41, 5.74) is 0.